The maximum Gasteiger partial charge on any atom is 0.158 e. The molecule has 0 aromatic carbocycles. The van der Waals surface area contributed by atoms with E-state index < -0.39 is 5.54 Å². The number of carbonyl (C=O) groups is 1. The molecule has 0 amide bonds. The minimum atomic E-state index is -0.418. The number of nitrogens with two attached hydrogens (primary N) is 1. The first-order chi connectivity index (χ1) is 6.02. The smallest absolute Gasteiger partial charge is 0.158 e. The van der Waals surface area contributed by atoms with Gasteiger partial charge in [0, 0.05) is 5.41 Å². The van der Waals surface area contributed by atoms with Gasteiger partial charge in [-0.3, -0.25) is 4.79 Å². The van der Waals surface area contributed by atoms with Crippen LogP contribution < -0.4 is 5.73 Å². The zero-order valence-corrected chi connectivity index (χ0v) is 8.18. The quantitative estimate of drug-likeness (QED) is 0.612. The van der Waals surface area contributed by atoms with E-state index in [9.17, 15) is 4.79 Å². The standard InChI is InChI=1S/C11H17NO/c1-10-3-7-2-8(4-10)6-11(12,5-7)9(10)13/h7-8H,2-6,12H2,1H3. The maximum absolute atomic E-state index is 12.1. The molecule has 2 atom stereocenters. The summed E-state index contributed by atoms with van der Waals surface area (Å²) in [5.74, 6) is 1.87. The first-order valence-electron chi connectivity index (χ1n) is 5.36. The van der Waals surface area contributed by atoms with Gasteiger partial charge in [0.1, 0.15) is 0 Å². The molecule has 4 rings (SSSR count). The third-order valence-corrected chi connectivity index (χ3v) is 4.45. The lowest BCUT2D eigenvalue weighted by Gasteiger charge is -2.58. The fourth-order valence-electron chi connectivity index (χ4n) is 4.39. The minimum Gasteiger partial charge on any atom is -0.319 e. The molecule has 13 heavy (non-hydrogen) atoms. The van der Waals surface area contributed by atoms with Gasteiger partial charge in [-0.15, -0.1) is 0 Å². The maximum atomic E-state index is 12.1. The molecule has 0 radical (unpaired) electrons. The molecule has 72 valence electrons. The number of hydrogen-bond donors (Lipinski definition) is 1. The normalized spacial score (nSPS) is 58.8. The summed E-state index contributed by atoms with van der Waals surface area (Å²) in [7, 11) is 0. The Morgan fingerprint density at radius 3 is 2.23 bits per heavy atom. The van der Waals surface area contributed by atoms with Gasteiger partial charge in [-0.2, -0.15) is 0 Å². The highest BCUT2D eigenvalue weighted by molar-refractivity contribution is 5.95. The largest absolute Gasteiger partial charge is 0.319 e. The summed E-state index contributed by atoms with van der Waals surface area (Å²) in [6.45, 7) is 2.13. The summed E-state index contributed by atoms with van der Waals surface area (Å²) in [4.78, 5) is 12.1. The second kappa shape index (κ2) is 2.00. The lowest BCUT2D eigenvalue weighted by molar-refractivity contribution is -0.153. The molecule has 4 bridgehead atoms. The highest BCUT2D eigenvalue weighted by Gasteiger charge is 2.60. The topological polar surface area (TPSA) is 43.1 Å². The first kappa shape index (κ1) is 7.98. The zero-order chi connectivity index (χ0) is 9.27. The van der Waals surface area contributed by atoms with E-state index in [0.29, 0.717) is 5.78 Å². The predicted molar refractivity (Wildman–Crippen MR) is 50.1 cm³/mol. The van der Waals surface area contributed by atoms with Gasteiger partial charge in [0.05, 0.1) is 5.54 Å². The molecular weight excluding hydrogens is 162 g/mol. The lowest BCUT2D eigenvalue weighted by Crippen LogP contribution is -2.66. The molecule has 4 aliphatic carbocycles. The van der Waals surface area contributed by atoms with Crippen LogP contribution in [-0.2, 0) is 4.79 Å². The Bertz CT molecular complexity index is 246. The molecule has 4 aliphatic rings. The van der Waals surface area contributed by atoms with Crippen LogP contribution in [0.25, 0.3) is 0 Å². The fourth-order valence-corrected chi connectivity index (χ4v) is 4.39. The van der Waals surface area contributed by atoms with Crippen LogP contribution in [-0.4, -0.2) is 11.3 Å². The van der Waals surface area contributed by atoms with E-state index in [1.807, 2.05) is 0 Å². The Kier molecular flexibility index (Phi) is 1.23. The van der Waals surface area contributed by atoms with Crippen molar-refractivity contribution in [1.82, 2.24) is 0 Å². The Labute approximate surface area is 78.9 Å². The van der Waals surface area contributed by atoms with Gasteiger partial charge in [-0.1, -0.05) is 6.92 Å². The number of carbonyl (C=O) groups excluding carboxylic acids is 1. The van der Waals surface area contributed by atoms with E-state index in [1.54, 1.807) is 0 Å². The van der Waals surface area contributed by atoms with Crippen LogP contribution in [0, 0.1) is 17.3 Å². The molecule has 0 heterocycles. The molecule has 0 aliphatic heterocycles. The Morgan fingerprint density at radius 1 is 1.23 bits per heavy atom. The fraction of sp³-hybridized carbons (Fsp3) is 0.909. The van der Waals surface area contributed by atoms with Crippen LogP contribution in [0.4, 0.5) is 0 Å². The average Bonchev–Trinajstić information content (AvgIpc) is 1.97. The second-order valence-electron chi connectivity index (χ2n) is 5.83. The Morgan fingerprint density at radius 2 is 1.77 bits per heavy atom. The van der Waals surface area contributed by atoms with E-state index >= 15 is 0 Å². The molecule has 2 nitrogen and oxygen atoms in total. The van der Waals surface area contributed by atoms with Gasteiger partial charge in [0.25, 0.3) is 0 Å². The summed E-state index contributed by atoms with van der Waals surface area (Å²) in [6, 6.07) is 0. The summed E-state index contributed by atoms with van der Waals surface area (Å²) in [5.41, 5.74) is 5.74. The third kappa shape index (κ3) is 0.850. The van der Waals surface area contributed by atoms with E-state index in [4.69, 9.17) is 5.73 Å². The molecule has 2 unspecified atom stereocenters. The predicted octanol–water partition coefficient (Wildman–Crippen LogP) is 1.48. The van der Waals surface area contributed by atoms with Crippen LogP contribution in [0.5, 0.6) is 0 Å². The molecule has 0 aromatic rings. The molecular formula is C11H17NO. The SMILES string of the molecule is CC12CC3CC(C1)CC(N)(C3)C2=O. The van der Waals surface area contributed by atoms with Gasteiger partial charge in [0.15, 0.2) is 5.78 Å². The van der Waals surface area contributed by atoms with Crippen molar-refractivity contribution in [3.63, 3.8) is 0 Å². The van der Waals surface area contributed by atoms with Crippen LogP contribution in [0.2, 0.25) is 0 Å². The number of Topliss-reactive ketones (excluding diaryl/α,β-unsaturated/α-hetero) is 1. The van der Waals surface area contributed by atoms with Crippen molar-refractivity contribution in [3.8, 4) is 0 Å². The van der Waals surface area contributed by atoms with Crippen LogP contribution in [0.3, 0.4) is 0 Å². The van der Waals surface area contributed by atoms with Crippen molar-refractivity contribution < 1.29 is 4.79 Å². The molecule has 2 N–H and O–H groups in total. The second-order valence-corrected chi connectivity index (χ2v) is 5.83. The Balaban J connectivity index is 2.08. The van der Waals surface area contributed by atoms with Crippen molar-refractivity contribution in [2.75, 3.05) is 0 Å². The van der Waals surface area contributed by atoms with Gasteiger partial charge in [-0.25, -0.2) is 0 Å². The minimum absolute atomic E-state index is 0.0428. The number of hydrogen-bond acceptors (Lipinski definition) is 2. The highest BCUT2D eigenvalue weighted by atomic mass is 16.1. The highest BCUT2D eigenvalue weighted by Crippen LogP contribution is 2.58. The van der Waals surface area contributed by atoms with Gasteiger partial charge < -0.3 is 5.73 Å². The van der Waals surface area contributed by atoms with Crippen LogP contribution in [0.1, 0.15) is 39.0 Å². The van der Waals surface area contributed by atoms with Gasteiger partial charge >= 0.3 is 0 Å². The molecule has 4 fully saturated rings. The average molecular weight is 179 g/mol. The first-order valence-corrected chi connectivity index (χ1v) is 5.36. The number of ketones is 1. The van der Waals surface area contributed by atoms with Crippen LogP contribution >= 0.6 is 0 Å². The molecule has 4 saturated carbocycles. The van der Waals surface area contributed by atoms with Gasteiger partial charge in [-0.05, 0) is 43.9 Å². The van der Waals surface area contributed by atoms with Crippen molar-refractivity contribution >= 4 is 5.78 Å². The van der Waals surface area contributed by atoms with Crippen molar-refractivity contribution in [3.05, 3.63) is 0 Å². The van der Waals surface area contributed by atoms with Crippen molar-refractivity contribution in [2.24, 2.45) is 23.0 Å². The van der Waals surface area contributed by atoms with Crippen molar-refractivity contribution in [1.29, 1.82) is 0 Å². The summed E-state index contributed by atoms with van der Waals surface area (Å²) >= 11 is 0. The summed E-state index contributed by atoms with van der Waals surface area (Å²) in [5, 5.41) is 0. The monoisotopic (exact) mass is 179 g/mol. The lowest BCUT2D eigenvalue weighted by atomic mass is 9.47. The Hall–Kier alpha value is -0.370. The number of rotatable bonds is 0. The summed E-state index contributed by atoms with van der Waals surface area (Å²) < 4.78 is 0. The third-order valence-electron chi connectivity index (χ3n) is 4.45. The zero-order valence-electron chi connectivity index (χ0n) is 8.18. The van der Waals surface area contributed by atoms with E-state index in [0.717, 1.165) is 37.5 Å². The van der Waals surface area contributed by atoms with Crippen molar-refractivity contribution in [2.45, 2.75) is 44.6 Å². The molecule has 0 spiro atoms. The van der Waals surface area contributed by atoms with E-state index in [1.165, 1.54) is 6.42 Å². The van der Waals surface area contributed by atoms with E-state index in [-0.39, 0.29) is 5.41 Å². The van der Waals surface area contributed by atoms with Crippen LogP contribution in [0.15, 0.2) is 0 Å². The van der Waals surface area contributed by atoms with Gasteiger partial charge in [0.2, 0.25) is 0 Å². The summed E-state index contributed by atoms with van der Waals surface area (Å²) in [6.07, 6.45) is 5.50. The van der Waals surface area contributed by atoms with E-state index in [2.05, 4.69) is 6.92 Å². The molecule has 0 saturated heterocycles. The molecule has 0 aromatic heterocycles. The molecule has 2 heteroatoms.